The van der Waals surface area contributed by atoms with Gasteiger partial charge in [0.15, 0.2) is 0 Å². The van der Waals surface area contributed by atoms with Crippen LogP contribution < -0.4 is 10.6 Å². The smallest absolute Gasteiger partial charge is 0.416 e. The fourth-order valence-corrected chi connectivity index (χ4v) is 3.55. The lowest BCUT2D eigenvalue weighted by molar-refractivity contribution is -0.138. The third-order valence-electron chi connectivity index (χ3n) is 5.25. The van der Waals surface area contributed by atoms with E-state index in [1.807, 2.05) is 0 Å². The number of carbonyl (C=O) groups excluding carboxylic acids is 1. The predicted octanol–water partition coefficient (Wildman–Crippen LogP) is 5.66. The second kappa shape index (κ2) is 10.5. The Hall–Kier alpha value is -3.62. The molecule has 0 saturated heterocycles. The molecule has 1 amide bonds. The lowest BCUT2D eigenvalue weighted by Gasteiger charge is -2.22. The van der Waals surface area contributed by atoms with E-state index < -0.39 is 17.7 Å². The summed E-state index contributed by atoms with van der Waals surface area (Å²) in [6.45, 7) is 4.15. The van der Waals surface area contributed by atoms with Gasteiger partial charge in [-0.3, -0.25) is 9.59 Å². The molecule has 0 aliphatic rings. The van der Waals surface area contributed by atoms with E-state index in [4.69, 9.17) is 5.11 Å². The molecule has 1 aromatic heterocycles. The van der Waals surface area contributed by atoms with Gasteiger partial charge in [-0.05, 0) is 54.3 Å². The molecule has 0 bridgehead atoms. The van der Waals surface area contributed by atoms with Crippen molar-refractivity contribution in [2.75, 3.05) is 11.9 Å². The number of nitrogens with zero attached hydrogens (tertiary/aromatic N) is 1. The number of halogens is 3. The van der Waals surface area contributed by atoms with Crippen LogP contribution in [0.4, 0.5) is 19.0 Å². The lowest BCUT2D eigenvalue weighted by atomic mass is 9.96. The van der Waals surface area contributed by atoms with E-state index in [-0.39, 0.29) is 30.4 Å². The standard InChI is InChI=1S/C25H26F3N3O3/c1-15(2)13-20(16-3-5-18(6-4-16)24(34)29-12-11-23(32)33)30-22-10-8-17-7-9-19(25(26,27)28)14-21(17)31-22/h3-10,14-15,20H,11-13H2,1-2H3,(H,29,34)(H,30,31)(H,32,33)/t20-/m1/s1. The SMILES string of the molecule is CC(C)C[C@@H](Nc1ccc2ccc(C(F)(F)F)cc2n1)c1ccc(C(=O)NCCC(=O)O)cc1. The Kier molecular flexibility index (Phi) is 7.75. The summed E-state index contributed by atoms with van der Waals surface area (Å²) in [6.07, 6.45) is -3.87. The summed E-state index contributed by atoms with van der Waals surface area (Å²) >= 11 is 0. The summed E-state index contributed by atoms with van der Waals surface area (Å²) in [6, 6.07) is 13.7. The van der Waals surface area contributed by atoms with Crippen LogP contribution in [0.1, 0.15) is 54.2 Å². The molecule has 0 unspecified atom stereocenters. The summed E-state index contributed by atoms with van der Waals surface area (Å²) in [4.78, 5) is 27.2. The maximum Gasteiger partial charge on any atom is 0.416 e. The van der Waals surface area contributed by atoms with Crippen LogP contribution >= 0.6 is 0 Å². The number of hydrogen-bond acceptors (Lipinski definition) is 4. The van der Waals surface area contributed by atoms with Gasteiger partial charge in [-0.15, -0.1) is 0 Å². The Morgan fingerprint density at radius 2 is 1.71 bits per heavy atom. The number of aromatic nitrogens is 1. The number of amides is 1. The zero-order valence-electron chi connectivity index (χ0n) is 18.8. The van der Waals surface area contributed by atoms with Gasteiger partial charge in [0, 0.05) is 17.5 Å². The molecule has 9 heteroatoms. The molecule has 180 valence electrons. The summed E-state index contributed by atoms with van der Waals surface area (Å²) in [5.74, 6) is -0.588. The van der Waals surface area contributed by atoms with Crippen molar-refractivity contribution in [1.82, 2.24) is 10.3 Å². The minimum absolute atomic E-state index is 0.0388. The molecular formula is C25H26F3N3O3. The van der Waals surface area contributed by atoms with Crippen LogP contribution in [-0.2, 0) is 11.0 Å². The summed E-state index contributed by atoms with van der Waals surface area (Å²) in [5.41, 5.74) is 0.791. The van der Waals surface area contributed by atoms with Crippen LogP contribution in [0.2, 0.25) is 0 Å². The Morgan fingerprint density at radius 1 is 1.03 bits per heavy atom. The normalized spacial score (nSPS) is 12.5. The third-order valence-corrected chi connectivity index (χ3v) is 5.25. The number of pyridine rings is 1. The molecular weight excluding hydrogens is 447 g/mol. The molecule has 3 N–H and O–H groups in total. The Morgan fingerprint density at radius 3 is 2.32 bits per heavy atom. The molecule has 6 nitrogen and oxygen atoms in total. The van der Waals surface area contributed by atoms with E-state index in [0.29, 0.717) is 22.7 Å². The number of anilines is 1. The number of alkyl halides is 3. The van der Waals surface area contributed by atoms with Gasteiger partial charge in [0.05, 0.1) is 23.5 Å². The molecule has 0 fully saturated rings. The van der Waals surface area contributed by atoms with Crippen LogP contribution in [0.15, 0.2) is 54.6 Å². The number of fused-ring (bicyclic) bond motifs is 1. The van der Waals surface area contributed by atoms with Gasteiger partial charge in [-0.25, -0.2) is 4.98 Å². The molecule has 34 heavy (non-hydrogen) atoms. The van der Waals surface area contributed by atoms with E-state index in [2.05, 4.69) is 29.5 Å². The van der Waals surface area contributed by atoms with Crippen molar-refractivity contribution in [1.29, 1.82) is 0 Å². The fraction of sp³-hybridized carbons (Fsp3) is 0.320. The van der Waals surface area contributed by atoms with E-state index >= 15 is 0 Å². The minimum Gasteiger partial charge on any atom is -0.481 e. The highest BCUT2D eigenvalue weighted by molar-refractivity contribution is 5.94. The Balaban J connectivity index is 1.80. The first-order valence-electron chi connectivity index (χ1n) is 10.9. The van der Waals surface area contributed by atoms with Crippen LogP contribution in [0, 0.1) is 5.92 Å². The average molecular weight is 473 g/mol. The molecule has 3 rings (SSSR count). The number of carboxylic acid groups (broad SMARTS) is 1. The molecule has 1 atom stereocenters. The molecule has 3 aromatic rings. The van der Waals surface area contributed by atoms with Crippen molar-refractivity contribution in [3.63, 3.8) is 0 Å². The van der Waals surface area contributed by atoms with Crippen LogP contribution in [-0.4, -0.2) is 28.5 Å². The number of benzene rings is 2. The lowest BCUT2D eigenvalue weighted by Crippen LogP contribution is -2.26. The highest BCUT2D eigenvalue weighted by Crippen LogP contribution is 2.32. The van der Waals surface area contributed by atoms with Crippen LogP contribution in [0.3, 0.4) is 0 Å². The highest BCUT2D eigenvalue weighted by Gasteiger charge is 2.30. The maximum atomic E-state index is 13.1. The summed E-state index contributed by atoms with van der Waals surface area (Å²) < 4.78 is 39.3. The van der Waals surface area contributed by atoms with Gasteiger partial charge in [-0.2, -0.15) is 13.2 Å². The predicted molar refractivity (Wildman–Crippen MR) is 124 cm³/mol. The van der Waals surface area contributed by atoms with E-state index in [9.17, 15) is 22.8 Å². The van der Waals surface area contributed by atoms with Crippen LogP contribution in [0.25, 0.3) is 10.9 Å². The number of carbonyl (C=O) groups is 2. The summed E-state index contributed by atoms with van der Waals surface area (Å²) in [5, 5.41) is 15.2. The fourth-order valence-electron chi connectivity index (χ4n) is 3.55. The molecule has 0 aliphatic heterocycles. The van der Waals surface area contributed by atoms with Gasteiger partial charge >= 0.3 is 12.1 Å². The highest BCUT2D eigenvalue weighted by atomic mass is 19.4. The molecule has 1 heterocycles. The average Bonchev–Trinajstić information content (AvgIpc) is 2.77. The van der Waals surface area contributed by atoms with Crippen molar-refractivity contribution in [2.45, 2.75) is 38.9 Å². The number of nitrogens with one attached hydrogen (secondary N) is 2. The van der Waals surface area contributed by atoms with Crippen molar-refractivity contribution in [2.24, 2.45) is 5.92 Å². The zero-order valence-corrected chi connectivity index (χ0v) is 18.8. The molecule has 0 aliphatic carbocycles. The summed E-state index contributed by atoms with van der Waals surface area (Å²) in [7, 11) is 0. The number of carboxylic acids is 1. The van der Waals surface area contributed by atoms with Gasteiger partial charge in [0.25, 0.3) is 5.91 Å². The Bertz CT molecular complexity index is 1160. The van der Waals surface area contributed by atoms with E-state index in [0.717, 1.165) is 24.1 Å². The quantitative estimate of drug-likeness (QED) is 0.373. The van der Waals surface area contributed by atoms with E-state index in [1.165, 1.54) is 6.07 Å². The minimum atomic E-state index is -4.44. The van der Waals surface area contributed by atoms with Gasteiger partial charge in [0.2, 0.25) is 0 Å². The zero-order chi connectivity index (χ0) is 24.9. The van der Waals surface area contributed by atoms with E-state index in [1.54, 1.807) is 36.4 Å². The molecule has 0 saturated carbocycles. The van der Waals surface area contributed by atoms with Crippen molar-refractivity contribution < 1.29 is 27.9 Å². The first-order valence-corrected chi connectivity index (χ1v) is 10.9. The van der Waals surface area contributed by atoms with Crippen molar-refractivity contribution in [3.8, 4) is 0 Å². The first kappa shape index (κ1) is 25.0. The van der Waals surface area contributed by atoms with Crippen molar-refractivity contribution >= 4 is 28.6 Å². The number of hydrogen-bond donors (Lipinski definition) is 3. The molecule has 2 aromatic carbocycles. The van der Waals surface area contributed by atoms with Gasteiger partial charge < -0.3 is 15.7 Å². The van der Waals surface area contributed by atoms with Crippen LogP contribution in [0.5, 0.6) is 0 Å². The number of rotatable bonds is 9. The third kappa shape index (κ3) is 6.69. The first-order chi connectivity index (χ1) is 16.0. The molecule has 0 radical (unpaired) electrons. The second-order valence-corrected chi connectivity index (χ2v) is 8.45. The molecule has 0 spiro atoms. The maximum absolute atomic E-state index is 13.1. The second-order valence-electron chi connectivity index (χ2n) is 8.45. The van der Waals surface area contributed by atoms with Crippen molar-refractivity contribution in [3.05, 3.63) is 71.3 Å². The van der Waals surface area contributed by atoms with Gasteiger partial charge in [-0.1, -0.05) is 32.0 Å². The topological polar surface area (TPSA) is 91.3 Å². The number of aliphatic carboxylic acids is 1. The Labute approximate surface area is 195 Å². The van der Waals surface area contributed by atoms with Gasteiger partial charge in [0.1, 0.15) is 5.82 Å². The largest absolute Gasteiger partial charge is 0.481 e. The monoisotopic (exact) mass is 473 g/mol.